The van der Waals surface area contributed by atoms with Crippen LogP contribution in [0.2, 0.25) is 0 Å². The van der Waals surface area contributed by atoms with Crippen LogP contribution in [0.5, 0.6) is 0 Å². The van der Waals surface area contributed by atoms with E-state index in [9.17, 15) is 14.7 Å². The van der Waals surface area contributed by atoms with Gasteiger partial charge < -0.3 is 24.2 Å². The largest absolute Gasteiger partial charge is 0.496 e. The highest BCUT2D eigenvalue weighted by Gasteiger charge is 2.52. The van der Waals surface area contributed by atoms with Crippen LogP contribution in [-0.2, 0) is 15.7 Å². The molecule has 0 radical (unpaired) electrons. The second kappa shape index (κ2) is 6.45. The Balaban J connectivity index is 1.56. The summed E-state index contributed by atoms with van der Waals surface area (Å²) in [5.74, 6) is -0.0932. The zero-order valence-corrected chi connectivity index (χ0v) is 16.8. The van der Waals surface area contributed by atoms with Gasteiger partial charge in [0.05, 0.1) is 28.5 Å². The normalized spacial score (nSPS) is 25.9. The Labute approximate surface area is 164 Å². The van der Waals surface area contributed by atoms with E-state index in [2.05, 4.69) is 4.98 Å². The second-order valence-corrected chi connectivity index (χ2v) is 8.77. The monoisotopic (exact) mass is 387 g/mol. The van der Waals surface area contributed by atoms with Gasteiger partial charge in [0.25, 0.3) is 5.91 Å². The molecule has 1 aromatic rings. The number of pyridine rings is 1. The molecule has 0 aliphatic carbocycles. The average Bonchev–Trinajstić information content (AvgIpc) is 3.18. The maximum absolute atomic E-state index is 13.1. The third kappa shape index (κ3) is 3.06. The molecular formula is C19H26BN3O5. The highest BCUT2D eigenvalue weighted by molar-refractivity contribution is 6.62. The van der Waals surface area contributed by atoms with Gasteiger partial charge in [0.2, 0.25) is 0 Å². The van der Waals surface area contributed by atoms with E-state index in [1.807, 2.05) is 33.8 Å². The number of rotatable bonds is 2. The van der Waals surface area contributed by atoms with E-state index in [0.29, 0.717) is 38.0 Å². The molecule has 3 aliphatic heterocycles. The van der Waals surface area contributed by atoms with Crippen LogP contribution in [0.3, 0.4) is 0 Å². The van der Waals surface area contributed by atoms with E-state index in [-0.39, 0.29) is 11.9 Å². The number of fused-ring (bicyclic) bond motifs is 1. The van der Waals surface area contributed by atoms with Crippen LogP contribution >= 0.6 is 0 Å². The number of hydrogen-bond donors (Lipinski definition) is 1. The van der Waals surface area contributed by atoms with E-state index in [1.165, 1.54) is 4.90 Å². The molecule has 8 nitrogen and oxygen atoms in total. The third-order valence-electron chi connectivity index (χ3n) is 6.47. The molecule has 0 saturated carbocycles. The molecule has 3 aliphatic rings. The van der Waals surface area contributed by atoms with Crippen LogP contribution in [0.15, 0.2) is 12.3 Å². The molecule has 1 unspecified atom stereocenters. The second-order valence-electron chi connectivity index (χ2n) is 8.77. The minimum absolute atomic E-state index is 0.0859. The van der Waals surface area contributed by atoms with Gasteiger partial charge in [-0.3, -0.25) is 9.78 Å². The SMILES string of the molecule is CC1(C)OB(c2cnc3c(c2)C(=O)N(C2CCN(C(=O)O)C2)CC3)OC1(C)C. The first-order valence-corrected chi connectivity index (χ1v) is 9.72. The lowest BCUT2D eigenvalue weighted by molar-refractivity contribution is 0.00578. The van der Waals surface area contributed by atoms with Crippen molar-refractivity contribution in [3.63, 3.8) is 0 Å². The fraction of sp³-hybridized carbons (Fsp3) is 0.632. The van der Waals surface area contributed by atoms with Crippen molar-refractivity contribution in [1.82, 2.24) is 14.8 Å². The Morgan fingerprint density at radius 3 is 2.54 bits per heavy atom. The van der Waals surface area contributed by atoms with Crippen molar-refractivity contribution in [2.45, 2.75) is 57.8 Å². The van der Waals surface area contributed by atoms with Crippen LogP contribution in [-0.4, -0.2) is 75.9 Å². The average molecular weight is 387 g/mol. The van der Waals surface area contributed by atoms with Crippen LogP contribution in [0, 0.1) is 0 Å². The zero-order chi connectivity index (χ0) is 20.3. The smallest absolute Gasteiger partial charge is 0.465 e. The molecule has 1 atom stereocenters. The number of likely N-dealkylation sites (tertiary alicyclic amines) is 1. The van der Waals surface area contributed by atoms with Crippen LogP contribution in [0.1, 0.15) is 50.2 Å². The summed E-state index contributed by atoms with van der Waals surface area (Å²) in [4.78, 5) is 32.0. The fourth-order valence-electron chi connectivity index (χ4n) is 4.00. The molecule has 150 valence electrons. The molecule has 0 spiro atoms. The third-order valence-corrected chi connectivity index (χ3v) is 6.47. The molecule has 0 bridgehead atoms. The van der Waals surface area contributed by atoms with Crippen LogP contribution in [0.25, 0.3) is 0 Å². The molecule has 28 heavy (non-hydrogen) atoms. The van der Waals surface area contributed by atoms with Crippen molar-refractivity contribution in [2.75, 3.05) is 19.6 Å². The maximum Gasteiger partial charge on any atom is 0.496 e. The number of carbonyl (C=O) groups excluding carboxylic acids is 1. The Kier molecular flexibility index (Phi) is 4.43. The van der Waals surface area contributed by atoms with Gasteiger partial charge >= 0.3 is 13.2 Å². The van der Waals surface area contributed by atoms with Gasteiger partial charge in [-0.1, -0.05) is 0 Å². The summed E-state index contributed by atoms with van der Waals surface area (Å²) in [5, 5.41) is 9.18. The fourth-order valence-corrected chi connectivity index (χ4v) is 4.00. The Hall–Kier alpha value is -2.13. The highest BCUT2D eigenvalue weighted by atomic mass is 16.7. The lowest BCUT2D eigenvalue weighted by Gasteiger charge is -2.33. The van der Waals surface area contributed by atoms with Crippen molar-refractivity contribution in [2.24, 2.45) is 0 Å². The number of nitrogens with zero attached hydrogens (tertiary/aromatic N) is 3. The summed E-state index contributed by atoms with van der Waals surface area (Å²) in [5.41, 5.74) is 1.13. The number of amides is 2. The molecule has 2 amide bonds. The molecule has 2 fully saturated rings. The van der Waals surface area contributed by atoms with Crippen LogP contribution < -0.4 is 5.46 Å². The molecular weight excluding hydrogens is 361 g/mol. The lowest BCUT2D eigenvalue weighted by Crippen LogP contribution is -2.47. The summed E-state index contributed by atoms with van der Waals surface area (Å²) >= 11 is 0. The first kappa shape index (κ1) is 19.2. The molecule has 4 heterocycles. The molecule has 1 aromatic heterocycles. The van der Waals surface area contributed by atoms with Gasteiger partial charge in [0.1, 0.15) is 0 Å². The van der Waals surface area contributed by atoms with E-state index in [1.54, 1.807) is 11.1 Å². The summed E-state index contributed by atoms with van der Waals surface area (Å²) in [6, 6.07) is 1.74. The van der Waals surface area contributed by atoms with Gasteiger partial charge in [-0.05, 0) is 40.2 Å². The van der Waals surface area contributed by atoms with Gasteiger partial charge in [-0.15, -0.1) is 0 Å². The Bertz CT molecular complexity index is 812. The topological polar surface area (TPSA) is 92.2 Å². The highest BCUT2D eigenvalue weighted by Crippen LogP contribution is 2.36. The Morgan fingerprint density at radius 2 is 1.93 bits per heavy atom. The van der Waals surface area contributed by atoms with E-state index in [4.69, 9.17) is 9.31 Å². The summed E-state index contributed by atoms with van der Waals surface area (Å²) in [6.07, 6.45) is 2.12. The van der Waals surface area contributed by atoms with Crippen molar-refractivity contribution >= 4 is 24.6 Å². The van der Waals surface area contributed by atoms with E-state index in [0.717, 1.165) is 11.2 Å². The van der Waals surface area contributed by atoms with Gasteiger partial charge in [-0.2, -0.15) is 0 Å². The minimum Gasteiger partial charge on any atom is -0.465 e. The minimum atomic E-state index is -0.933. The van der Waals surface area contributed by atoms with Gasteiger partial charge in [0.15, 0.2) is 0 Å². The number of hydrogen-bond acceptors (Lipinski definition) is 5. The molecule has 2 saturated heterocycles. The predicted octanol–water partition coefficient (Wildman–Crippen LogP) is 1.13. The quantitative estimate of drug-likeness (QED) is 0.765. The summed E-state index contributed by atoms with van der Waals surface area (Å²) in [7, 11) is -0.569. The van der Waals surface area contributed by atoms with Crippen molar-refractivity contribution in [1.29, 1.82) is 0 Å². The first-order valence-electron chi connectivity index (χ1n) is 9.72. The number of carbonyl (C=O) groups is 2. The van der Waals surface area contributed by atoms with E-state index < -0.39 is 24.4 Å². The molecule has 1 N–H and O–H groups in total. The van der Waals surface area contributed by atoms with Crippen LogP contribution in [0.4, 0.5) is 4.79 Å². The van der Waals surface area contributed by atoms with E-state index >= 15 is 0 Å². The zero-order valence-electron chi connectivity index (χ0n) is 16.8. The maximum atomic E-state index is 13.1. The standard InChI is InChI=1S/C19H26BN3O5/c1-18(2)19(3,4)28-20(27-18)12-9-14-15(21-10-12)6-8-23(16(14)24)13-5-7-22(11-13)17(25)26/h9-10,13H,5-8,11H2,1-4H3,(H,25,26). The molecule has 9 heteroatoms. The lowest BCUT2D eigenvalue weighted by atomic mass is 9.79. The number of aromatic nitrogens is 1. The molecule has 0 aromatic carbocycles. The van der Waals surface area contributed by atoms with Crippen molar-refractivity contribution in [3.05, 3.63) is 23.5 Å². The van der Waals surface area contributed by atoms with Gasteiger partial charge in [-0.25, -0.2) is 4.79 Å². The summed E-state index contributed by atoms with van der Waals surface area (Å²) < 4.78 is 12.2. The van der Waals surface area contributed by atoms with Gasteiger partial charge in [0, 0.05) is 37.7 Å². The first-order chi connectivity index (χ1) is 13.1. The van der Waals surface area contributed by atoms with Crippen molar-refractivity contribution < 1.29 is 24.0 Å². The Morgan fingerprint density at radius 1 is 1.25 bits per heavy atom. The van der Waals surface area contributed by atoms with Crippen molar-refractivity contribution in [3.8, 4) is 0 Å². The predicted molar refractivity (Wildman–Crippen MR) is 103 cm³/mol. The molecule has 4 rings (SSSR count). The summed E-state index contributed by atoms with van der Waals surface area (Å²) in [6.45, 7) is 9.33. The number of carboxylic acid groups (broad SMARTS) is 1.